The predicted molar refractivity (Wildman–Crippen MR) is 108 cm³/mol. The van der Waals surface area contributed by atoms with Crippen molar-refractivity contribution in [3.8, 4) is 5.75 Å². The number of benzene rings is 2. The highest BCUT2D eigenvalue weighted by atomic mass is 19.4. The van der Waals surface area contributed by atoms with Crippen LogP contribution in [0.15, 0.2) is 48.5 Å². The third kappa shape index (κ3) is 5.96. The second kappa shape index (κ2) is 9.49. The van der Waals surface area contributed by atoms with Gasteiger partial charge in [-0.2, -0.15) is 13.2 Å². The van der Waals surface area contributed by atoms with Crippen molar-refractivity contribution in [2.75, 3.05) is 44.2 Å². The summed E-state index contributed by atoms with van der Waals surface area (Å²) < 4.78 is 44.3. The molecule has 0 bridgehead atoms. The van der Waals surface area contributed by atoms with Crippen LogP contribution in [0, 0.1) is 0 Å². The summed E-state index contributed by atoms with van der Waals surface area (Å²) in [4.78, 5) is 15.4. The quantitative estimate of drug-likeness (QED) is 0.693. The Morgan fingerprint density at radius 3 is 2.47 bits per heavy atom. The van der Waals surface area contributed by atoms with Gasteiger partial charge in [0.05, 0.1) is 5.56 Å². The standard InChI is InChI=1S/C22H25F3N2O3/c1-16(28)17-4-2-7-21(12-17)30-15-20(29)14-26-8-10-27(11-9-26)19-6-3-5-18(13-19)22(23,24)25/h2-7,12-13,20,29H,8-11,14-15H2,1H3/t20-/m0/s1. The second-order valence-electron chi connectivity index (χ2n) is 7.38. The van der Waals surface area contributed by atoms with Crippen molar-refractivity contribution >= 4 is 11.5 Å². The molecule has 1 aliphatic rings. The summed E-state index contributed by atoms with van der Waals surface area (Å²) in [6.45, 7) is 4.40. The zero-order valence-electron chi connectivity index (χ0n) is 16.7. The lowest BCUT2D eigenvalue weighted by atomic mass is 10.1. The van der Waals surface area contributed by atoms with E-state index < -0.39 is 17.8 Å². The molecule has 0 spiro atoms. The van der Waals surface area contributed by atoms with Crippen molar-refractivity contribution in [3.63, 3.8) is 0 Å². The molecule has 1 fully saturated rings. The highest BCUT2D eigenvalue weighted by Gasteiger charge is 2.31. The van der Waals surface area contributed by atoms with Gasteiger partial charge in [0.15, 0.2) is 5.78 Å². The van der Waals surface area contributed by atoms with E-state index in [4.69, 9.17) is 4.74 Å². The Morgan fingerprint density at radius 2 is 1.80 bits per heavy atom. The van der Waals surface area contributed by atoms with Crippen molar-refractivity contribution in [2.45, 2.75) is 19.2 Å². The molecule has 1 saturated heterocycles. The molecule has 1 heterocycles. The van der Waals surface area contributed by atoms with Gasteiger partial charge in [0.25, 0.3) is 0 Å². The SMILES string of the molecule is CC(=O)c1cccc(OC[C@@H](O)CN2CCN(c3cccc(C(F)(F)F)c3)CC2)c1. The average Bonchev–Trinajstić information content (AvgIpc) is 2.72. The van der Waals surface area contributed by atoms with Gasteiger partial charge < -0.3 is 14.7 Å². The summed E-state index contributed by atoms with van der Waals surface area (Å²) in [7, 11) is 0. The Bertz CT molecular complexity index is 865. The lowest BCUT2D eigenvalue weighted by Gasteiger charge is -2.37. The van der Waals surface area contributed by atoms with E-state index in [9.17, 15) is 23.1 Å². The van der Waals surface area contributed by atoms with E-state index in [0.717, 1.165) is 6.07 Å². The van der Waals surface area contributed by atoms with Gasteiger partial charge >= 0.3 is 6.18 Å². The fraction of sp³-hybridized carbons (Fsp3) is 0.409. The number of halogens is 3. The molecule has 8 heteroatoms. The van der Waals surface area contributed by atoms with Crippen LogP contribution in [0.2, 0.25) is 0 Å². The van der Waals surface area contributed by atoms with Crippen LogP contribution in [0.25, 0.3) is 0 Å². The molecule has 3 rings (SSSR count). The summed E-state index contributed by atoms with van der Waals surface area (Å²) in [6.07, 6.45) is -5.07. The zero-order chi connectivity index (χ0) is 21.7. The van der Waals surface area contributed by atoms with Crippen LogP contribution in [0.3, 0.4) is 0 Å². The number of alkyl halides is 3. The van der Waals surface area contributed by atoms with Gasteiger partial charge in [-0.05, 0) is 37.3 Å². The van der Waals surface area contributed by atoms with Crippen molar-refractivity contribution in [1.29, 1.82) is 0 Å². The monoisotopic (exact) mass is 422 g/mol. The Balaban J connectivity index is 1.46. The van der Waals surface area contributed by atoms with E-state index in [-0.39, 0.29) is 12.4 Å². The van der Waals surface area contributed by atoms with E-state index in [2.05, 4.69) is 4.90 Å². The molecule has 0 amide bonds. The van der Waals surface area contributed by atoms with Crippen LogP contribution in [0.1, 0.15) is 22.8 Å². The predicted octanol–water partition coefficient (Wildman–Crippen LogP) is 3.47. The molecule has 5 nitrogen and oxygen atoms in total. The number of anilines is 1. The summed E-state index contributed by atoms with van der Waals surface area (Å²) in [6, 6.07) is 12.2. The van der Waals surface area contributed by atoms with Crippen molar-refractivity contribution < 1.29 is 27.8 Å². The van der Waals surface area contributed by atoms with E-state index in [1.165, 1.54) is 19.1 Å². The van der Waals surface area contributed by atoms with Gasteiger partial charge in [-0.15, -0.1) is 0 Å². The normalized spacial score (nSPS) is 16.4. The second-order valence-corrected chi connectivity index (χ2v) is 7.38. The third-order valence-corrected chi connectivity index (χ3v) is 5.06. The van der Waals surface area contributed by atoms with E-state index in [1.54, 1.807) is 30.3 Å². The number of ketones is 1. The Hall–Kier alpha value is -2.58. The summed E-state index contributed by atoms with van der Waals surface area (Å²) in [5.74, 6) is 0.468. The van der Waals surface area contributed by atoms with Crippen molar-refractivity contribution in [1.82, 2.24) is 4.90 Å². The minimum absolute atomic E-state index is 0.0559. The molecule has 162 valence electrons. The minimum Gasteiger partial charge on any atom is -0.491 e. The van der Waals surface area contributed by atoms with Gasteiger partial charge in [0, 0.05) is 44.0 Å². The number of Topliss-reactive ketones (excluding diaryl/α,β-unsaturated/α-hetero) is 1. The summed E-state index contributed by atoms with van der Waals surface area (Å²) in [5, 5.41) is 10.3. The molecular weight excluding hydrogens is 397 g/mol. The number of rotatable bonds is 7. The van der Waals surface area contributed by atoms with Gasteiger partial charge in [-0.1, -0.05) is 18.2 Å². The maximum atomic E-state index is 12.9. The Morgan fingerprint density at radius 1 is 1.10 bits per heavy atom. The first-order chi connectivity index (χ1) is 14.2. The highest BCUT2D eigenvalue weighted by molar-refractivity contribution is 5.94. The van der Waals surface area contributed by atoms with Crippen LogP contribution in [0.4, 0.5) is 18.9 Å². The first kappa shape index (κ1) is 22.1. The molecule has 1 N–H and O–H groups in total. The highest BCUT2D eigenvalue weighted by Crippen LogP contribution is 2.31. The number of hydrogen-bond acceptors (Lipinski definition) is 5. The van der Waals surface area contributed by atoms with E-state index in [1.807, 2.05) is 4.90 Å². The maximum Gasteiger partial charge on any atom is 0.416 e. The molecular formula is C22H25F3N2O3. The number of carbonyl (C=O) groups is 1. The molecule has 1 atom stereocenters. The molecule has 0 unspecified atom stereocenters. The smallest absolute Gasteiger partial charge is 0.416 e. The number of hydrogen-bond donors (Lipinski definition) is 1. The number of β-amino-alcohol motifs (C(OH)–C–C–N with tert-alkyl or cyclic N) is 1. The Labute approximate surface area is 173 Å². The fourth-order valence-corrected chi connectivity index (χ4v) is 3.42. The van der Waals surface area contributed by atoms with Gasteiger partial charge in [-0.25, -0.2) is 0 Å². The van der Waals surface area contributed by atoms with Crippen molar-refractivity contribution in [3.05, 3.63) is 59.7 Å². The number of carbonyl (C=O) groups excluding carboxylic acids is 1. The molecule has 2 aromatic carbocycles. The van der Waals surface area contributed by atoms with Gasteiger partial charge in [-0.3, -0.25) is 9.69 Å². The first-order valence-electron chi connectivity index (χ1n) is 9.79. The number of nitrogens with zero attached hydrogens (tertiary/aromatic N) is 2. The summed E-state index contributed by atoms with van der Waals surface area (Å²) in [5.41, 5.74) is 0.454. The first-order valence-corrected chi connectivity index (χ1v) is 9.79. The van der Waals surface area contributed by atoms with Crippen molar-refractivity contribution in [2.24, 2.45) is 0 Å². The Kier molecular flexibility index (Phi) is 6.99. The lowest BCUT2D eigenvalue weighted by molar-refractivity contribution is -0.137. The number of piperazine rings is 1. The van der Waals surface area contributed by atoms with Gasteiger partial charge in [0.2, 0.25) is 0 Å². The fourth-order valence-electron chi connectivity index (χ4n) is 3.42. The molecule has 30 heavy (non-hydrogen) atoms. The van der Waals surface area contributed by atoms with Crippen LogP contribution in [-0.2, 0) is 6.18 Å². The zero-order valence-corrected chi connectivity index (χ0v) is 16.7. The third-order valence-electron chi connectivity index (χ3n) is 5.06. The molecule has 2 aromatic rings. The van der Waals surface area contributed by atoms with Crippen LogP contribution in [-0.4, -0.2) is 61.2 Å². The van der Waals surface area contributed by atoms with E-state index >= 15 is 0 Å². The minimum atomic E-state index is -4.36. The van der Waals surface area contributed by atoms with Crippen LogP contribution >= 0.6 is 0 Å². The maximum absolute atomic E-state index is 12.9. The number of aliphatic hydroxyl groups excluding tert-OH is 1. The molecule has 1 aliphatic heterocycles. The largest absolute Gasteiger partial charge is 0.491 e. The molecule has 0 saturated carbocycles. The van der Waals surface area contributed by atoms with Crippen LogP contribution in [0.5, 0.6) is 5.75 Å². The molecule has 0 aliphatic carbocycles. The van der Waals surface area contributed by atoms with Crippen LogP contribution < -0.4 is 9.64 Å². The lowest BCUT2D eigenvalue weighted by Crippen LogP contribution is -2.49. The van der Waals surface area contributed by atoms with E-state index in [0.29, 0.717) is 49.7 Å². The molecule has 0 aromatic heterocycles. The van der Waals surface area contributed by atoms with Gasteiger partial charge in [0.1, 0.15) is 18.5 Å². The number of aliphatic hydroxyl groups is 1. The number of ether oxygens (including phenoxy) is 1. The average molecular weight is 422 g/mol. The molecule has 0 radical (unpaired) electrons. The topological polar surface area (TPSA) is 53.0 Å². The summed E-state index contributed by atoms with van der Waals surface area (Å²) >= 11 is 0.